The molecule has 0 unspecified atom stereocenters. The van der Waals surface area contributed by atoms with Gasteiger partial charge in [0.1, 0.15) is 0 Å². The van der Waals surface area contributed by atoms with E-state index >= 15 is 0 Å². The van der Waals surface area contributed by atoms with Crippen molar-refractivity contribution in [3.05, 3.63) is 71.0 Å². The first-order valence-corrected chi connectivity index (χ1v) is 21.0. The largest absolute Gasteiger partial charge is 0.383 e. The van der Waals surface area contributed by atoms with E-state index in [-0.39, 0.29) is 0 Å². The molecular formula is C43H65Cl2N5O2+2. The highest BCUT2D eigenvalue weighted by molar-refractivity contribution is 6.31. The van der Waals surface area contributed by atoms with Crippen LogP contribution in [0.4, 0.5) is 11.4 Å². The Bertz CT molecular complexity index is 1500. The van der Waals surface area contributed by atoms with Gasteiger partial charge in [0, 0.05) is 76.0 Å². The van der Waals surface area contributed by atoms with E-state index in [0.717, 1.165) is 57.8 Å². The highest BCUT2D eigenvalue weighted by Crippen LogP contribution is 2.26. The summed E-state index contributed by atoms with van der Waals surface area (Å²) in [4.78, 5) is 2.70. The Balaban J connectivity index is 1.45. The highest BCUT2D eigenvalue weighted by Gasteiger charge is 2.20. The van der Waals surface area contributed by atoms with Crippen molar-refractivity contribution in [1.82, 2.24) is 4.90 Å². The second-order valence-electron chi connectivity index (χ2n) is 14.5. The van der Waals surface area contributed by atoms with E-state index in [9.17, 15) is 10.4 Å². The topological polar surface area (TPSA) is 75.5 Å². The molecule has 0 amide bonds. The molecule has 2 heterocycles. The van der Waals surface area contributed by atoms with Crippen LogP contribution in [0, 0.1) is 0 Å². The minimum atomic E-state index is 0.514. The molecule has 9 heteroatoms. The van der Waals surface area contributed by atoms with Gasteiger partial charge in [0.15, 0.2) is 0 Å². The van der Waals surface area contributed by atoms with Crippen LogP contribution in [0.3, 0.4) is 0 Å². The summed E-state index contributed by atoms with van der Waals surface area (Å²) in [6.45, 7) is 7.96. The van der Waals surface area contributed by atoms with Crippen molar-refractivity contribution in [2.24, 2.45) is 0 Å². The summed E-state index contributed by atoms with van der Waals surface area (Å²) < 4.78 is 2.26. The lowest BCUT2D eigenvalue weighted by Crippen LogP contribution is -2.41. The zero-order valence-electron chi connectivity index (χ0n) is 31.9. The van der Waals surface area contributed by atoms with Crippen LogP contribution in [0.1, 0.15) is 129 Å². The maximum atomic E-state index is 10.4. The lowest BCUT2D eigenvalue weighted by molar-refractivity contribution is -0.884. The summed E-state index contributed by atoms with van der Waals surface area (Å²) >= 11 is 12.5. The molecule has 4 N–H and O–H groups in total. The molecule has 0 fully saturated rings. The van der Waals surface area contributed by atoms with Gasteiger partial charge in [-0.2, -0.15) is 0 Å². The molecule has 2 aromatic carbocycles. The molecule has 4 aromatic rings. The number of fused-ring (bicyclic) bond motifs is 2. The van der Waals surface area contributed by atoms with E-state index < -0.39 is 0 Å². The molecule has 0 saturated heterocycles. The Kier molecular flexibility index (Phi) is 19.0. The van der Waals surface area contributed by atoms with E-state index in [1.807, 2.05) is 36.4 Å². The van der Waals surface area contributed by atoms with E-state index in [1.165, 1.54) is 116 Å². The smallest absolute Gasteiger partial charge is 0.268 e. The van der Waals surface area contributed by atoms with E-state index in [2.05, 4.69) is 29.4 Å². The van der Waals surface area contributed by atoms with Gasteiger partial charge in [-0.3, -0.25) is 15.3 Å². The van der Waals surface area contributed by atoms with Gasteiger partial charge >= 0.3 is 0 Å². The summed E-state index contributed by atoms with van der Waals surface area (Å²) in [6.07, 6.45) is 27.1. The number of aromatic nitrogens is 2. The fourth-order valence-corrected chi connectivity index (χ4v) is 7.80. The Morgan fingerprint density at radius 3 is 1.35 bits per heavy atom. The van der Waals surface area contributed by atoms with Crippen LogP contribution in [0.5, 0.6) is 0 Å². The predicted octanol–water partition coefficient (Wildman–Crippen LogP) is 11.6. The number of halogens is 2. The molecule has 7 nitrogen and oxygen atoms in total. The number of hydrogen-bond donors (Lipinski definition) is 4. The van der Waals surface area contributed by atoms with Gasteiger partial charge in [-0.15, -0.1) is 0 Å². The lowest BCUT2D eigenvalue weighted by Gasteiger charge is -2.33. The SMILES string of the molecule is CCCCCCCCCCC(CCCCCCCCCC)N(CCNc1cc[n+](O)c2cc(Cl)ccc12)CCNc1cc[n+](O)c2cc(Cl)ccc12. The van der Waals surface area contributed by atoms with Crippen molar-refractivity contribution in [1.29, 1.82) is 0 Å². The molecule has 2 aromatic heterocycles. The minimum Gasteiger partial charge on any atom is -0.383 e. The Hall–Kier alpha value is -3.00. The minimum absolute atomic E-state index is 0.514. The van der Waals surface area contributed by atoms with Crippen LogP contribution < -0.4 is 20.1 Å². The van der Waals surface area contributed by atoms with E-state index in [1.54, 1.807) is 24.5 Å². The van der Waals surface area contributed by atoms with Crippen molar-refractivity contribution < 1.29 is 19.9 Å². The second kappa shape index (κ2) is 23.6. The van der Waals surface area contributed by atoms with Crippen LogP contribution in [0.15, 0.2) is 60.9 Å². The number of hydrogen-bond acceptors (Lipinski definition) is 5. The lowest BCUT2D eigenvalue weighted by atomic mass is 9.98. The molecule has 52 heavy (non-hydrogen) atoms. The maximum Gasteiger partial charge on any atom is 0.268 e. The molecular weight excluding hydrogens is 689 g/mol. The average Bonchev–Trinajstić information content (AvgIpc) is 3.14. The van der Waals surface area contributed by atoms with Crippen LogP contribution >= 0.6 is 23.2 Å². The quantitative estimate of drug-likeness (QED) is 0.0277. The monoisotopic (exact) mass is 753 g/mol. The molecule has 0 aliphatic heterocycles. The zero-order valence-corrected chi connectivity index (χ0v) is 33.4. The summed E-state index contributed by atoms with van der Waals surface area (Å²) in [6, 6.07) is 15.6. The fraction of sp³-hybridized carbons (Fsp3) is 0.581. The fourth-order valence-electron chi connectivity index (χ4n) is 7.47. The summed E-state index contributed by atoms with van der Waals surface area (Å²) in [5.74, 6) is 0. The molecule has 0 bridgehead atoms. The first-order chi connectivity index (χ1) is 25.4. The molecule has 0 radical (unpaired) electrons. The van der Waals surface area contributed by atoms with Gasteiger partial charge in [-0.05, 0) is 37.1 Å². The van der Waals surface area contributed by atoms with Crippen LogP contribution in [-0.2, 0) is 0 Å². The van der Waals surface area contributed by atoms with Crippen LogP contribution in [0.25, 0.3) is 21.8 Å². The van der Waals surface area contributed by atoms with Crippen molar-refractivity contribution in [2.75, 3.05) is 36.8 Å². The van der Waals surface area contributed by atoms with E-state index in [4.69, 9.17) is 23.2 Å². The summed E-state index contributed by atoms with van der Waals surface area (Å²) in [5.41, 5.74) is 3.34. The number of pyridine rings is 2. The molecule has 0 atom stereocenters. The third-order valence-corrected chi connectivity index (χ3v) is 11.0. The number of rotatable bonds is 27. The standard InChI is InChI=1S/C43H63Cl2N5O2/c1-3-5-7-9-11-13-15-17-19-37(20-18-16-14-12-10-8-6-4-2)48(31-27-46-40-25-29-49(51)42-33-35(44)21-23-38(40)42)32-28-47-41-26-30-50(52)43-34-36(45)22-24-39(41)43/h21-26,29-30,33-34,37,51-52H,3-20,27-28,31-32H2,1-2H3/p+2. The van der Waals surface area contributed by atoms with Gasteiger partial charge in [-0.1, -0.05) is 140 Å². The number of unbranched alkanes of at least 4 members (excludes halogenated alkanes) is 14. The zero-order chi connectivity index (χ0) is 37.0. The van der Waals surface area contributed by atoms with Gasteiger partial charge in [0.2, 0.25) is 12.4 Å². The van der Waals surface area contributed by atoms with Crippen molar-refractivity contribution in [2.45, 2.75) is 135 Å². The first-order valence-electron chi connectivity index (χ1n) is 20.3. The maximum absolute atomic E-state index is 10.4. The Labute approximate surface area is 323 Å². The van der Waals surface area contributed by atoms with E-state index in [0.29, 0.717) is 27.1 Å². The molecule has 0 saturated carbocycles. The van der Waals surface area contributed by atoms with Gasteiger partial charge < -0.3 is 10.6 Å². The Morgan fingerprint density at radius 1 is 0.558 bits per heavy atom. The molecule has 286 valence electrons. The average molecular weight is 755 g/mol. The van der Waals surface area contributed by atoms with Gasteiger partial charge in [0.25, 0.3) is 11.0 Å². The van der Waals surface area contributed by atoms with Crippen molar-refractivity contribution >= 4 is 56.4 Å². The number of nitrogens with zero attached hydrogens (tertiary/aromatic N) is 3. The van der Waals surface area contributed by atoms with Crippen LogP contribution in [-0.4, -0.2) is 47.5 Å². The number of anilines is 2. The third kappa shape index (κ3) is 13.8. The third-order valence-electron chi connectivity index (χ3n) is 10.5. The van der Waals surface area contributed by atoms with Crippen molar-refractivity contribution in [3.63, 3.8) is 0 Å². The number of nitrogens with one attached hydrogen (secondary N) is 2. The molecule has 0 spiro atoms. The molecule has 0 aliphatic rings. The molecule has 0 aliphatic carbocycles. The highest BCUT2D eigenvalue weighted by atomic mass is 35.5. The van der Waals surface area contributed by atoms with Gasteiger partial charge in [0.05, 0.1) is 22.1 Å². The normalized spacial score (nSPS) is 11.7. The number of benzene rings is 2. The summed E-state index contributed by atoms with van der Waals surface area (Å²) in [7, 11) is 0. The predicted molar refractivity (Wildman–Crippen MR) is 219 cm³/mol. The van der Waals surface area contributed by atoms with Gasteiger partial charge in [-0.25, -0.2) is 0 Å². The van der Waals surface area contributed by atoms with Crippen LogP contribution in [0.2, 0.25) is 10.0 Å². The second-order valence-corrected chi connectivity index (χ2v) is 15.4. The first kappa shape index (κ1) is 41.8. The Morgan fingerprint density at radius 2 is 0.942 bits per heavy atom. The van der Waals surface area contributed by atoms with Crippen molar-refractivity contribution in [3.8, 4) is 0 Å². The molecule has 4 rings (SSSR count). The summed E-state index contributed by atoms with van der Waals surface area (Å²) in [5, 5.41) is 31.3.